The number of hydrogen-bond donors (Lipinski definition) is 2. The molecule has 0 bridgehead atoms. The number of nitrogens with one attached hydrogen (secondary N) is 1. The molecule has 7 nitrogen and oxygen atoms in total. The van der Waals surface area contributed by atoms with Crippen LogP contribution in [0, 0.1) is 5.92 Å². The molecule has 2 saturated carbocycles. The molecule has 2 aliphatic carbocycles. The maximum atomic E-state index is 13.7. The molecule has 2 amide bonds. The van der Waals surface area contributed by atoms with Gasteiger partial charge in [0.15, 0.2) is 0 Å². The first-order valence-corrected chi connectivity index (χ1v) is 10.5. The van der Waals surface area contributed by atoms with E-state index >= 15 is 0 Å². The Kier molecular flexibility index (Phi) is 6.31. The van der Waals surface area contributed by atoms with E-state index in [1.165, 1.54) is 29.9 Å². The van der Waals surface area contributed by atoms with Crippen LogP contribution in [0.25, 0.3) is 0 Å². The third kappa shape index (κ3) is 4.79. The summed E-state index contributed by atoms with van der Waals surface area (Å²) in [6.45, 7) is 1.43. The van der Waals surface area contributed by atoms with Gasteiger partial charge in [-0.2, -0.15) is 0 Å². The molecule has 3 aliphatic rings. The van der Waals surface area contributed by atoms with E-state index in [-0.39, 0.29) is 48.4 Å². The third-order valence-corrected chi connectivity index (χ3v) is 5.91. The second-order valence-electron chi connectivity index (χ2n) is 8.28. The minimum Gasteiger partial charge on any atom is -0.370 e. The molecule has 1 aromatic carbocycles. The number of carbonyl (C=O) groups excluding carboxylic acids is 2. The SMILES string of the molecule is NC[C@@H](C(=O)Nc1ccc(N2CCOCC2=O)c(C(F)F)c1)N(CC1CC1)C1CC1. The number of alkyl halides is 2. The Morgan fingerprint density at radius 2 is 2.07 bits per heavy atom. The van der Waals surface area contributed by atoms with Crippen molar-refractivity contribution in [2.75, 3.05) is 43.1 Å². The summed E-state index contributed by atoms with van der Waals surface area (Å²) in [7, 11) is 0. The molecule has 1 heterocycles. The van der Waals surface area contributed by atoms with Crippen molar-refractivity contribution in [3.8, 4) is 0 Å². The highest BCUT2D eigenvalue weighted by molar-refractivity contribution is 5.98. The molecule has 0 spiro atoms. The van der Waals surface area contributed by atoms with E-state index in [0.29, 0.717) is 18.6 Å². The van der Waals surface area contributed by atoms with Crippen LogP contribution in [-0.2, 0) is 14.3 Å². The predicted molar refractivity (Wildman–Crippen MR) is 108 cm³/mol. The molecule has 1 aromatic rings. The molecule has 30 heavy (non-hydrogen) atoms. The zero-order valence-electron chi connectivity index (χ0n) is 16.9. The average molecular weight is 422 g/mol. The quantitative estimate of drug-likeness (QED) is 0.637. The number of carbonyl (C=O) groups is 2. The fourth-order valence-electron chi connectivity index (χ4n) is 3.98. The second-order valence-corrected chi connectivity index (χ2v) is 8.28. The fourth-order valence-corrected chi connectivity index (χ4v) is 3.98. The Hall–Kier alpha value is -2.10. The molecule has 1 saturated heterocycles. The topological polar surface area (TPSA) is 87.9 Å². The standard InChI is InChI=1S/C21H28F2N4O3/c22-20(23)16-9-14(3-6-17(16)26-7-8-30-12-19(26)28)25-21(29)18(10-24)27(15-4-5-15)11-13-1-2-13/h3,6,9,13,15,18,20H,1-2,4-5,7-8,10-12,24H2,(H,25,29)/t18-/m0/s1. The number of rotatable bonds is 9. The fraction of sp³-hybridized carbons (Fsp3) is 0.619. The first-order valence-electron chi connectivity index (χ1n) is 10.5. The highest BCUT2D eigenvalue weighted by atomic mass is 19.3. The lowest BCUT2D eigenvalue weighted by molar-refractivity contribution is -0.125. The van der Waals surface area contributed by atoms with E-state index < -0.39 is 12.5 Å². The number of amides is 2. The van der Waals surface area contributed by atoms with Gasteiger partial charge < -0.3 is 20.7 Å². The van der Waals surface area contributed by atoms with Gasteiger partial charge in [-0.1, -0.05) is 0 Å². The Morgan fingerprint density at radius 1 is 1.30 bits per heavy atom. The minimum absolute atomic E-state index is 0.128. The predicted octanol–water partition coefficient (Wildman–Crippen LogP) is 2.13. The first-order chi connectivity index (χ1) is 14.5. The molecule has 0 radical (unpaired) electrons. The third-order valence-electron chi connectivity index (χ3n) is 5.91. The van der Waals surface area contributed by atoms with Gasteiger partial charge in [0.1, 0.15) is 12.6 Å². The zero-order valence-corrected chi connectivity index (χ0v) is 16.9. The number of anilines is 2. The molecule has 9 heteroatoms. The molecular weight excluding hydrogens is 394 g/mol. The highest BCUT2D eigenvalue weighted by Crippen LogP contribution is 2.36. The van der Waals surface area contributed by atoms with E-state index in [0.717, 1.165) is 19.4 Å². The van der Waals surface area contributed by atoms with Gasteiger partial charge in [0.2, 0.25) is 5.91 Å². The Morgan fingerprint density at radius 3 is 2.67 bits per heavy atom. The average Bonchev–Trinajstić information content (AvgIpc) is 3.62. The number of morpholine rings is 1. The van der Waals surface area contributed by atoms with Gasteiger partial charge in [-0.05, 0) is 49.8 Å². The Balaban J connectivity index is 1.50. The summed E-state index contributed by atoms with van der Waals surface area (Å²) < 4.78 is 32.5. The van der Waals surface area contributed by atoms with Crippen molar-refractivity contribution in [3.63, 3.8) is 0 Å². The summed E-state index contributed by atoms with van der Waals surface area (Å²) in [5.41, 5.74) is 6.07. The second kappa shape index (κ2) is 8.95. The summed E-state index contributed by atoms with van der Waals surface area (Å²) in [5, 5.41) is 2.76. The number of nitrogens with two attached hydrogens (primary N) is 1. The van der Waals surface area contributed by atoms with Crippen molar-refractivity contribution in [2.45, 2.75) is 44.2 Å². The maximum Gasteiger partial charge on any atom is 0.265 e. The van der Waals surface area contributed by atoms with Crippen LogP contribution < -0.4 is 16.0 Å². The summed E-state index contributed by atoms with van der Waals surface area (Å²) in [6, 6.07) is 4.17. The number of benzene rings is 1. The monoisotopic (exact) mass is 422 g/mol. The van der Waals surface area contributed by atoms with Crippen molar-refractivity contribution < 1.29 is 23.1 Å². The van der Waals surface area contributed by atoms with E-state index in [9.17, 15) is 18.4 Å². The van der Waals surface area contributed by atoms with Gasteiger partial charge in [-0.3, -0.25) is 14.5 Å². The maximum absolute atomic E-state index is 13.7. The van der Waals surface area contributed by atoms with Crippen LogP contribution in [0.2, 0.25) is 0 Å². The Bertz CT molecular complexity index is 798. The molecule has 0 aromatic heterocycles. The summed E-state index contributed by atoms with van der Waals surface area (Å²) in [4.78, 5) is 28.5. The van der Waals surface area contributed by atoms with Gasteiger partial charge in [0.05, 0.1) is 12.3 Å². The highest BCUT2D eigenvalue weighted by Gasteiger charge is 2.39. The Labute approximate surface area is 174 Å². The number of hydrogen-bond acceptors (Lipinski definition) is 5. The lowest BCUT2D eigenvalue weighted by Gasteiger charge is -2.30. The van der Waals surface area contributed by atoms with Gasteiger partial charge in [-0.25, -0.2) is 8.78 Å². The summed E-state index contributed by atoms with van der Waals surface area (Å²) in [5.74, 6) is -0.00743. The van der Waals surface area contributed by atoms with Gasteiger partial charge in [0.25, 0.3) is 12.3 Å². The van der Waals surface area contributed by atoms with Gasteiger partial charge >= 0.3 is 0 Å². The van der Waals surface area contributed by atoms with Crippen LogP contribution in [0.3, 0.4) is 0 Å². The number of halogens is 2. The first kappa shape index (κ1) is 21.1. The normalized spacial score (nSPS) is 20.7. The van der Waals surface area contributed by atoms with Crippen molar-refractivity contribution in [1.29, 1.82) is 0 Å². The van der Waals surface area contributed by atoms with Crippen LogP contribution in [0.5, 0.6) is 0 Å². The van der Waals surface area contributed by atoms with E-state index in [1.54, 1.807) is 6.07 Å². The van der Waals surface area contributed by atoms with Gasteiger partial charge in [0, 0.05) is 36.9 Å². The van der Waals surface area contributed by atoms with Gasteiger partial charge in [-0.15, -0.1) is 0 Å². The van der Waals surface area contributed by atoms with Crippen LogP contribution in [0.1, 0.15) is 37.7 Å². The molecule has 0 unspecified atom stereocenters. The molecule has 164 valence electrons. The van der Waals surface area contributed by atoms with Crippen LogP contribution >= 0.6 is 0 Å². The van der Waals surface area contributed by atoms with Crippen molar-refractivity contribution in [3.05, 3.63) is 23.8 Å². The van der Waals surface area contributed by atoms with E-state index in [2.05, 4.69) is 10.2 Å². The molecular formula is C21H28F2N4O3. The smallest absolute Gasteiger partial charge is 0.265 e. The molecule has 1 aliphatic heterocycles. The van der Waals surface area contributed by atoms with Crippen molar-refractivity contribution in [1.82, 2.24) is 4.90 Å². The van der Waals surface area contributed by atoms with Crippen molar-refractivity contribution >= 4 is 23.2 Å². The van der Waals surface area contributed by atoms with Crippen LogP contribution in [0.15, 0.2) is 18.2 Å². The zero-order chi connectivity index (χ0) is 21.3. The van der Waals surface area contributed by atoms with E-state index in [4.69, 9.17) is 10.5 Å². The molecule has 1 atom stereocenters. The summed E-state index contributed by atoms with van der Waals surface area (Å²) >= 11 is 0. The molecule has 3 N–H and O–H groups in total. The van der Waals surface area contributed by atoms with Crippen molar-refractivity contribution in [2.24, 2.45) is 11.7 Å². The largest absolute Gasteiger partial charge is 0.370 e. The molecule has 3 fully saturated rings. The summed E-state index contributed by atoms with van der Waals surface area (Å²) in [6.07, 6.45) is 1.71. The minimum atomic E-state index is -2.78. The lowest BCUT2D eigenvalue weighted by Crippen LogP contribution is -2.50. The lowest BCUT2D eigenvalue weighted by atomic mass is 10.1. The number of nitrogens with zero attached hydrogens (tertiary/aromatic N) is 2. The van der Waals surface area contributed by atoms with Crippen LogP contribution in [0.4, 0.5) is 20.2 Å². The number of ether oxygens (including phenoxy) is 1. The van der Waals surface area contributed by atoms with Crippen LogP contribution in [-0.4, -0.2) is 61.6 Å². The van der Waals surface area contributed by atoms with E-state index in [1.807, 2.05) is 0 Å². The molecule has 4 rings (SSSR count).